The Hall–Kier alpha value is -4.51. The second kappa shape index (κ2) is 9.86. The summed E-state index contributed by atoms with van der Waals surface area (Å²) in [4.78, 5) is 30.5. The largest absolute Gasteiger partial charge is 0.489 e. The molecule has 0 fully saturated rings. The zero-order chi connectivity index (χ0) is 26.1. The lowest BCUT2D eigenvalue weighted by Crippen LogP contribution is -2.10. The number of hydrogen-bond donors (Lipinski definition) is 2. The number of nitrogens with two attached hydrogens (primary N) is 1. The molecule has 0 radical (unpaired) electrons. The number of amides is 1. The van der Waals surface area contributed by atoms with E-state index in [1.54, 1.807) is 24.8 Å². The van der Waals surface area contributed by atoms with Gasteiger partial charge in [0.2, 0.25) is 11.8 Å². The fourth-order valence-electron chi connectivity index (χ4n) is 3.93. The minimum absolute atomic E-state index is 0.0524. The quantitative estimate of drug-likeness (QED) is 0.299. The molecular weight excluding hydrogens is 490 g/mol. The summed E-state index contributed by atoms with van der Waals surface area (Å²) in [6.07, 6.45) is 6.94. The maximum Gasteiger partial charge on any atom is 0.259 e. The standard InChI is InChI=1S/C26H25N7O3S/c1-14(2)36-19-10-16(33-12-15(3)30-13-33)7-8-18(19)31-26-29-11-20-22(32-26)21(23(37-20)24(27)34)17-6-5-9-28-25(17)35-4/h5-14H,1-4H3,(H2,27,34)(H,29,31,32). The van der Waals surface area contributed by atoms with Crippen LogP contribution in [0.3, 0.4) is 0 Å². The summed E-state index contributed by atoms with van der Waals surface area (Å²) >= 11 is 1.23. The molecule has 1 aromatic carbocycles. The number of carbonyl (C=O) groups is 1. The van der Waals surface area contributed by atoms with Crippen molar-refractivity contribution in [3.05, 3.63) is 65.8 Å². The average molecular weight is 516 g/mol. The van der Waals surface area contributed by atoms with Gasteiger partial charge in [-0.3, -0.25) is 4.79 Å². The van der Waals surface area contributed by atoms with Crippen LogP contribution >= 0.6 is 11.3 Å². The maximum atomic E-state index is 12.3. The van der Waals surface area contributed by atoms with Gasteiger partial charge in [0.25, 0.3) is 5.91 Å². The second-order valence-corrected chi connectivity index (χ2v) is 9.58. The van der Waals surface area contributed by atoms with E-state index in [2.05, 4.69) is 20.3 Å². The molecule has 11 heteroatoms. The van der Waals surface area contributed by atoms with Gasteiger partial charge in [0.05, 0.1) is 53.0 Å². The van der Waals surface area contributed by atoms with Crippen LogP contribution in [0.2, 0.25) is 0 Å². The van der Waals surface area contributed by atoms with E-state index in [-0.39, 0.29) is 6.10 Å². The number of thiophene rings is 1. The van der Waals surface area contributed by atoms with Crippen molar-refractivity contribution in [1.29, 1.82) is 0 Å². The van der Waals surface area contributed by atoms with Gasteiger partial charge >= 0.3 is 0 Å². The van der Waals surface area contributed by atoms with Crippen molar-refractivity contribution in [3.63, 3.8) is 0 Å². The topological polar surface area (TPSA) is 130 Å². The SMILES string of the molecule is COc1ncccc1-c1c(C(N)=O)sc2cnc(Nc3ccc(-n4cnc(C)c4)cc3OC(C)C)nc12. The molecule has 0 aliphatic carbocycles. The van der Waals surface area contributed by atoms with Gasteiger partial charge in [-0.1, -0.05) is 0 Å². The number of ether oxygens (including phenoxy) is 2. The summed E-state index contributed by atoms with van der Waals surface area (Å²) in [6.45, 7) is 5.87. The summed E-state index contributed by atoms with van der Waals surface area (Å²) in [5, 5.41) is 3.27. The first-order chi connectivity index (χ1) is 17.8. The van der Waals surface area contributed by atoms with Crippen molar-refractivity contribution < 1.29 is 14.3 Å². The molecule has 0 spiro atoms. The van der Waals surface area contributed by atoms with Crippen molar-refractivity contribution in [2.24, 2.45) is 5.73 Å². The number of imidazole rings is 1. The number of methoxy groups -OCH3 is 1. The first kappa shape index (κ1) is 24.2. The first-order valence-corrected chi connectivity index (χ1v) is 12.3. The fourth-order valence-corrected chi connectivity index (χ4v) is 4.91. The molecule has 0 saturated heterocycles. The van der Waals surface area contributed by atoms with Crippen LogP contribution in [0, 0.1) is 6.92 Å². The van der Waals surface area contributed by atoms with E-state index in [4.69, 9.17) is 20.2 Å². The number of nitrogens with one attached hydrogen (secondary N) is 1. The van der Waals surface area contributed by atoms with Crippen LogP contribution in [0.25, 0.3) is 27.0 Å². The normalized spacial score (nSPS) is 11.2. The predicted octanol–water partition coefficient (Wildman–Crippen LogP) is 4.89. The lowest BCUT2D eigenvalue weighted by molar-refractivity contribution is 0.100. The van der Waals surface area contributed by atoms with Crippen molar-refractivity contribution >= 4 is 39.1 Å². The summed E-state index contributed by atoms with van der Waals surface area (Å²) in [6, 6.07) is 9.38. The Morgan fingerprint density at radius 2 is 2.03 bits per heavy atom. The number of nitrogens with zero attached hydrogens (tertiary/aromatic N) is 5. The smallest absolute Gasteiger partial charge is 0.259 e. The van der Waals surface area contributed by atoms with E-state index < -0.39 is 5.91 Å². The zero-order valence-corrected chi connectivity index (χ0v) is 21.5. The number of carbonyl (C=O) groups excluding carboxylic acids is 1. The summed E-state index contributed by atoms with van der Waals surface area (Å²) < 4.78 is 14.2. The highest BCUT2D eigenvalue weighted by Gasteiger charge is 2.23. The Morgan fingerprint density at radius 1 is 1.19 bits per heavy atom. The third-order valence-electron chi connectivity index (χ3n) is 5.47. The highest BCUT2D eigenvalue weighted by atomic mass is 32.1. The summed E-state index contributed by atoms with van der Waals surface area (Å²) in [5.74, 6) is 0.789. The molecule has 3 N–H and O–H groups in total. The first-order valence-electron chi connectivity index (χ1n) is 11.5. The van der Waals surface area contributed by atoms with Crippen LogP contribution in [0.5, 0.6) is 11.6 Å². The van der Waals surface area contributed by atoms with E-state index in [9.17, 15) is 4.79 Å². The Balaban J connectivity index is 1.59. The molecule has 5 rings (SSSR count). The van der Waals surface area contributed by atoms with Crippen LogP contribution in [0.4, 0.5) is 11.6 Å². The van der Waals surface area contributed by atoms with E-state index in [1.807, 2.05) is 55.8 Å². The van der Waals surface area contributed by atoms with Crippen LogP contribution in [0.15, 0.2) is 55.2 Å². The van der Waals surface area contributed by atoms with Crippen LogP contribution in [-0.4, -0.2) is 43.6 Å². The van der Waals surface area contributed by atoms with Gasteiger partial charge in [-0.15, -0.1) is 11.3 Å². The zero-order valence-electron chi connectivity index (χ0n) is 20.7. The molecule has 5 aromatic rings. The summed E-state index contributed by atoms with van der Waals surface area (Å²) in [7, 11) is 1.53. The lowest BCUT2D eigenvalue weighted by atomic mass is 10.1. The third-order valence-corrected chi connectivity index (χ3v) is 6.60. The lowest BCUT2D eigenvalue weighted by Gasteiger charge is -2.16. The molecule has 4 aromatic heterocycles. The number of benzene rings is 1. The molecule has 1 amide bonds. The number of aryl methyl sites for hydroxylation is 1. The van der Waals surface area contributed by atoms with E-state index >= 15 is 0 Å². The highest BCUT2D eigenvalue weighted by molar-refractivity contribution is 7.21. The molecule has 0 aliphatic rings. The van der Waals surface area contributed by atoms with Crippen molar-refractivity contribution in [2.45, 2.75) is 26.9 Å². The number of rotatable bonds is 8. The number of anilines is 2. The van der Waals surface area contributed by atoms with E-state index in [0.29, 0.717) is 49.5 Å². The second-order valence-electron chi connectivity index (χ2n) is 8.53. The number of primary amides is 1. The molecular formula is C26H25N7O3S. The Morgan fingerprint density at radius 3 is 2.73 bits per heavy atom. The monoisotopic (exact) mass is 515 g/mol. The van der Waals surface area contributed by atoms with Crippen LogP contribution in [0.1, 0.15) is 29.2 Å². The molecule has 0 aliphatic heterocycles. The molecule has 0 saturated carbocycles. The van der Waals surface area contributed by atoms with Gasteiger partial charge < -0.3 is 25.1 Å². The predicted molar refractivity (Wildman–Crippen MR) is 143 cm³/mol. The molecule has 0 atom stereocenters. The molecule has 0 unspecified atom stereocenters. The van der Waals surface area contributed by atoms with Crippen molar-refractivity contribution in [3.8, 4) is 28.4 Å². The number of pyridine rings is 1. The van der Waals surface area contributed by atoms with Crippen LogP contribution < -0.4 is 20.5 Å². The van der Waals surface area contributed by atoms with Gasteiger partial charge in [-0.2, -0.15) is 0 Å². The number of aromatic nitrogens is 5. The van der Waals surface area contributed by atoms with Crippen molar-refractivity contribution in [1.82, 2.24) is 24.5 Å². The molecule has 10 nitrogen and oxygen atoms in total. The van der Waals surface area contributed by atoms with Gasteiger partial charge in [0.1, 0.15) is 10.6 Å². The third kappa shape index (κ3) is 4.81. The van der Waals surface area contributed by atoms with Gasteiger partial charge in [-0.25, -0.2) is 19.9 Å². The Bertz CT molecular complexity index is 1610. The fraction of sp³-hybridized carbons (Fsp3) is 0.192. The molecule has 4 heterocycles. The molecule has 188 valence electrons. The average Bonchev–Trinajstić information content (AvgIpc) is 3.48. The minimum Gasteiger partial charge on any atom is -0.489 e. The van der Waals surface area contributed by atoms with E-state index in [1.165, 1.54) is 18.4 Å². The van der Waals surface area contributed by atoms with E-state index in [0.717, 1.165) is 11.4 Å². The molecule has 37 heavy (non-hydrogen) atoms. The Labute approximate surface area is 217 Å². The highest BCUT2D eigenvalue weighted by Crippen LogP contribution is 2.41. The Kier molecular flexibility index (Phi) is 6.45. The van der Waals surface area contributed by atoms with Crippen molar-refractivity contribution in [2.75, 3.05) is 12.4 Å². The molecule has 0 bridgehead atoms. The maximum absolute atomic E-state index is 12.3. The number of fused-ring (bicyclic) bond motifs is 1. The summed E-state index contributed by atoms with van der Waals surface area (Å²) in [5.41, 5.74) is 10.0. The minimum atomic E-state index is -0.559. The number of hydrogen-bond acceptors (Lipinski definition) is 9. The van der Waals surface area contributed by atoms with Crippen LogP contribution in [-0.2, 0) is 0 Å². The van der Waals surface area contributed by atoms with Gasteiger partial charge in [-0.05, 0) is 45.0 Å². The van der Waals surface area contributed by atoms with Gasteiger partial charge in [0, 0.05) is 29.6 Å². The van der Waals surface area contributed by atoms with Gasteiger partial charge in [0.15, 0.2) is 0 Å².